The maximum absolute atomic E-state index is 12.8. The first-order valence-corrected chi connectivity index (χ1v) is 11.1. The molecule has 1 atom stereocenters. The molecule has 3 heterocycles. The Bertz CT molecular complexity index is 1110. The fourth-order valence-electron chi connectivity index (χ4n) is 4.27. The number of nitrogens with zero attached hydrogens (tertiary/aromatic N) is 5. The highest BCUT2D eigenvalue weighted by Crippen LogP contribution is 2.23. The number of rotatable bonds is 5. The van der Waals surface area contributed by atoms with Crippen molar-refractivity contribution >= 4 is 11.9 Å². The second-order valence-corrected chi connectivity index (χ2v) is 8.31. The van der Waals surface area contributed by atoms with E-state index in [0.29, 0.717) is 24.6 Å². The number of likely N-dealkylation sites (tertiary alicyclic amines) is 1. The van der Waals surface area contributed by atoms with Gasteiger partial charge >= 0.3 is 0 Å². The molecule has 1 aliphatic heterocycles. The minimum atomic E-state index is -0.0954. The van der Waals surface area contributed by atoms with Crippen LogP contribution in [0.2, 0.25) is 0 Å². The molecule has 4 rings (SSSR count). The summed E-state index contributed by atoms with van der Waals surface area (Å²) in [4.78, 5) is 38.4. The predicted octanol–water partition coefficient (Wildman–Crippen LogP) is 2.90. The summed E-state index contributed by atoms with van der Waals surface area (Å²) in [7, 11) is 3.74. The molecule has 166 valence electrons. The Morgan fingerprint density at radius 3 is 2.59 bits per heavy atom. The number of benzene rings is 1. The van der Waals surface area contributed by atoms with E-state index in [1.807, 2.05) is 54.4 Å². The van der Waals surface area contributed by atoms with Crippen LogP contribution in [0.15, 0.2) is 65.7 Å². The molecular weight excluding hydrogens is 402 g/mol. The Morgan fingerprint density at radius 1 is 1.09 bits per heavy atom. The third-order valence-corrected chi connectivity index (χ3v) is 6.20. The van der Waals surface area contributed by atoms with E-state index in [-0.39, 0.29) is 17.5 Å². The van der Waals surface area contributed by atoms with Gasteiger partial charge in [-0.05, 0) is 37.0 Å². The summed E-state index contributed by atoms with van der Waals surface area (Å²) in [6, 6.07) is 15.4. The zero-order chi connectivity index (χ0) is 22.5. The van der Waals surface area contributed by atoms with Crippen molar-refractivity contribution in [1.29, 1.82) is 0 Å². The SMILES string of the molecule is CN(c1nc(-c2ccncc2)cc(=O)n1C)C1CCCN(C(=O)Cc2ccccc2)CC1. The second-order valence-electron chi connectivity index (χ2n) is 8.31. The van der Waals surface area contributed by atoms with Gasteiger partial charge in [0, 0.05) is 57.3 Å². The molecule has 1 aliphatic rings. The molecular formula is C25H29N5O2. The Kier molecular flexibility index (Phi) is 6.63. The third-order valence-electron chi connectivity index (χ3n) is 6.20. The summed E-state index contributed by atoms with van der Waals surface area (Å²) in [5.41, 5.74) is 2.46. The molecule has 7 nitrogen and oxygen atoms in total. The molecule has 2 aromatic heterocycles. The summed E-state index contributed by atoms with van der Waals surface area (Å²) < 4.78 is 1.59. The van der Waals surface area contributed by atoms with Crippen LogP contribution in [0.5, 0.6) is 0 Å². The number of aromatic nitrogens is 3. The number of amides is 1. The van der Waals surface area contributed by atoms with Crippen molar-refractivity contribution in [2.24, 2.45) is 7.05 Å². The molecule has 7 heteroatoms. The zero-order valence-electron chi connectivity index (χ0n) is 18.6. The average molecular weight is 432 g/mol. The van der Waals surface area contributed by atoms with Crippen molar-refractivity contribution in [3.63, 3.8) is 0 Å². The van der Waals surface area contributed by atoms with Crippen LogP contribution in [0.1, 0.15) is 24.8 Å². The number of pyridine rings is 1. The first-order valence-electron chi connectivity index (χ1n) is 11.1. The first kappa shape index (κ1) is 21.7. The van der Waals surface area contributed by atoms with E-state index in [1.54, 1.807) is 30.1 Å². The van der Waals surface area contributed by atoms with Gasteiger partial charge in [-0.1, -0.05) is 30.3 Å². The lowest BCUT2D eigenvalue weighted by Crippen LogP contribution is -2.38. The summed E-state index contributed by atoms with van der Waals surface area (Å²) >= 11 is 0. The van der Waals surface area contributed by atoms with E-state index in [4.69, 9.17) is 4.98 Å². The van der Waals surface area contributed by atoms with Crippen LogP contribution in [0.4, 0.5) is 5.95 Å². The topological polar surface area (TPSA) is 71.3 Å². The normalized spacial score (nSPS) is 16.4. The van der Waals surface area contributed by atoms with Crippen LogP contribution in [-0.2, 0) is 18.3 Å². The Hall–Kier alpha value is -3.48. The highest BCUT2D eigenvalue weighted by Gasteiger charge is 2.25. The van der Waals surface area contributed by atoms with Crippen LogP contribution in [0.25, 0.3) is 11.3 Å². The standard InChI is InChI=1S/C25H29N5O2/c1-28(25-27-22(18-23(31)29(25)2)20-10-13-26-14-11-20)21-9-6-15-30(16-12-21)24(32)17-19-7-4-3-5-8-19/h3-5,7-8,10-11,13-14,18,21H,6,9,12,15-17H2,1-2H3. The molecule has 3 aromatic rings. The molecule has 1 unspecified atom stereocenters. The lowest BCUT2D eigenvalue weighted by Gasteiger charge is -2.29. The number of hydrogen-bond donors (Lipinski definition) is 0. The third kappa shape index (κ3) is 4.88. The van der Waals surface area contributed by atoms with Crippen molar-refractivity contribution in [3.05, 3.63) is 76.8 Å². The van der Waals surface area contributed by atoms with E-state index >= 15 is 0 Å². The Morgan fingerprint density at radius 2 is 1.84 bits per heavy atom. The van der Waals surface area contributed by atoms with Gasteiger partial charge in [-0.25, -0.2) is 4.98 Å². The fourth-order valence-corrected chi connectivity index (χ4v) is 4.27. The Labute approximate surface area is 188 Å². The van der Waals surface area contributed by atoms with Crippen molar-refractivity contribution in [1.82, 2.24) is 19.4 Å². The van der Waals surface area contributed by atoms with Crippen LogP contribution in [0.3, 0.4) is 0 Å². The quantitative estimate of drug-likeness (QED) is 0.621. The van der Waals surface area contributed by atoms with E-state index in [0.717, 1.165) is 36.9 Å². The van der Waals surface area contributed by atoms with Crippen molar-refractivity contribution < 1.29 is 4.79 Å². The minimum absolute atomic E-state index is 0.0954. The largest absolute Gasteiger partial charge is 0.342 e. The molecule has 0 radical (unpaired) electrons. The van der Waals surface area contributed by atoms with Gasteiger partial charge < -0.3 is 9.80 Å². The van der Waals surface area contributed by atoms with Gasteiger partial charge in [-0.15, -0.1) is 0 Å². The monoisotopic (exact) mass is 431 g/mol. The van der Waals surface area contributed by atoms with Gasteiger partial charge in [-0.3, -0.25) is 19.1 Å². The average Bonchev–Trinajstić information content (AvgIpc) is 3.08. The molecule has 0 spiro atoms. The molecule has 1 aromatic carbocycles. The van der Waals surface area contributed by atoms with E-state index < -0.39 is 0 Å². The molecule has 0 N–H and O–H groups in total. The number of carbonyl (C=O) groups excluding carboxylic acids is 1. The summed E-state index contributed by atoms with van der Waals surface area (Å²) in [5.74, 6) is 0.808. The van der Waals surface area contributed by atoms with E-state index in [9.17, 15) is 9.59 Å². The van der Waals surface area contributed by atoms with Gasteiger partial charge in [0.25, 0.3) is 5.56 Å². The number of anilines is 1. The van der Waals surface area contributed by atoms with Gasteiger partial charge in [0.05, 0.1) is 12.1 Å². The number of carbonyl (C=O) groups is 1. The van der Waals surface area contributed by atoms with Crippen LogP contribution < -0.4 is 10.5 Å². The van der Waals surface area contributed by atoms with Crippen LogP contribution in [0, 0.1) is 0 Å². The fraction of sp³-hybridized carbons (Fsp3) is 0.360. The molecule has 0 saturated carbocycles. The summed E-state index contributed by atoms with van der Waals surface area (Å²) in [5, 5.41) is 0. The van der Waals surface area contributed by atoms with Crippen LogP contribution in [-0.4, -0.2) is 51.5 Å². The second kappa shape index (κ2) is 9.77. The van der Waals surface area contributed by atoms with E-state index in [2.05, 4.69) is 9.88 Å². The summed E-state index contributed by atoms with van der Waals surface area (Å²) in [6.45, 7) is 1.47. The smallest absolute Gasteiger partial charge is 0.255 e. The maximum atomic E-state index is 12.8. The van der Waals surface area contributed by atoms with E-state index in [1.165, 1.54) is 0 Å². The van der Waals surface area contributed by atoms with Crippen molar-refractivity contribution in [3.8, 4) is 11.3 Å². The molecule has 1 saturated heterocycles. The molecule has 0 aliphatic carbocycles. The van der Waals surface area contributed by atoms with Crippen molar-refractivity contribution in [2.75, 3.05) is 25.0 Å². The molecule has 1 amide bonds. The highest BCUT2D eigenvalue weighted by atomic mass is 16.2. The van der Waals surface area contributed by atoms with Gasteiger partial charge in [0.2, 0.25) is 11.9 Å². The van der Waals surface area contributed by atoms with Gasteiger partial charge in [0.15, 0.2) is 0 Å². The molecule has 1 fully saturated rings. The molecule has 0 bridgehead atoms. The highest BCUT2D eigenvalue weighted by molar-refractivity contribution is 5.78. The van der Waals surface area contributed by atoms with Crippen LogP contribution >= 0.6 is 0 Å². The zero-order valence-corrected chi connectivity index (χ0v) is 18.6. The minimum Gasteiger partial charge on any atom is -0.342 e. The first-order chi connectivity index (χ1) is 15.5. The molecule has 32 heavy (non-hydrogen) atoms. The van der Waals surface area contributed by atoms with Crippen molar-refractivity contribution in [2.45, 2.75) is 31.7 Å². The Balaban J connectivity index is 1.48. The van der Waals surface area contributed by atoms with Gasteiger partial charge in [0.1, 0.15) is 0 Å². The predicted molar refractivity (Wildman–Crippen MR) is 125 cm³/mol. The maximum Gasteiger partial charge on any atom is 0.255 e. The van der Waals surface area contributed by atoms with Gasteiger partial charge in [-0.2, -0.15) is 0 Å². The summed E-state index contributed by atoms with van der Waals surface area (Å²) in [6.07, 6.45) is 6.54. The lowest BCUT2D eigenvalue weighted by molar-refractivity contribution is -0.130. The number of hydrogen-bond acceptors (Lipinski definition) is 5. The lowest BCUT2D eigenvalue weighted by atomic mass is 10.1.